The molecule has 1 aliphatic rings. The Labute approximate surface area is 204 Å². The van der Waals surface area contributed by atoms with Crippen molar-refractivity contribution in [3.05, 3.63) is 17.7 Å². The molecule has 0 spiro atoms. The van der Waals surface area contributed by atoms with E-state index in [1.165, 1.54) is 25.7 Å². The van der Waals surface area contributed by atoms with Crippen molar-refractivity contribution >= 4 is 29.9 Å². The number of nitrogens with zero attached hydrogens (tertiary/aromatic N) is 1. The lowest BCUT2D eigenvalue weighted by Crippen LogP contribution is -2.39. The molecule has 1 saturated carbocycles. The van der Waals surface area contributed by atoms with Gasteiger partial charge in [-0.3, -0.25) is 0 Å². The molecule has 8 heteroatoms. The fraction of sp³-hybridized carbons (Fsp3) is 0.696. The summed E-state index contributed by atoms with van der Waals surface area (Å²) in [7, 11) is 4.84. The molecule has 1 aromatic rings. The van der Waals surface area contributed by atoms with E-state index in [2.05, 4.69) is 24.5 Å². The van der Waals surface area contributed by atoms with Crippen LogP contribution in [0.3, 0.4) is 0 Å². The van der Waals surface area contributed by atoms with E-state index < -0.39 is 0 Å². The predicted octanol–water partition coefficient (Wildman–Crippen LogP) is 4.37. The van der Waals surface area contributed by atoms with Crippen LogP contribution in [0.1, 0.15) is 51.5 Å². The normalized spacial score (nSPS) is 15.2. The zero-order valence-corrected chi connectivity index (χ0v) is 22.0. The maximum absolute atomic E-state index is 6.03. The summed E-state index contributed by atoms with van der Waals surface area (Å²) in [6.45, 7) is 7.07. The number of hydrogen-bond acceptors (Lipinski definition) is 5. The van der Waals surface area contributed by atoms with Gasteiger partial charge in [0.05, 0.1) is 34.0 Å². The van der Waals surface area contributed by atoms with Crippen molar-refractivity contribution in [2.24, 2.45) is 10.9 Å². The summed E-state index contributed by atoms with van der Waals surface area (Å²) < 4.78 is 22.3. The van der Waals surface area contributed by atoms with Gasteiger partial charge in [0, 0.05) is 19.7 Å². The van der Waals surface area contributed by atoms with Gasteiger partial charge in [-0.25, -0.2) is 4.99 Å². The third-order valence-corrected chi connectivity index (χ3v) is 5.52. The molecule has 1 fully saturated rings. The molecule has 7 nitrogen and oxygen atoms in total. The van der Waals surface area contributed by atoms with Crippen LogP contribution < -0.4 is 24.8 Å². The number of benzene rings is 1. The molecule has 1 unspecified atom stereocenters. The van der Waals surface area contributed by atoms with Crippen LogP contribution in [0.2, 0.25) is 0 Å². The fourth-order valence-electron chi connectivity index (χ4n) is 4.07. The first-order chi connectivity index (χ1) is 14.7. The highest BCUT2D eigenvalue weighted by Crippen LogP contribution is 2.38. The minimum Gasteiger partial charge on any atom is -0.493 e. The van der Waals surface area contributed by atoms with Crippen molar-refractivity contribution in [1.29, 1.82) is 0 Å². The van der Waals surface area contributed by atoms with E-state index >= 15 is 0 Å². The van der Waals surface area contributed by atoms with Gasteiger partial charge in [-0.1, -0.05) is 12.8 Å². The molecule has 0 radical (unpaired) electrons. The third kappa shape index (κ3) is 8.56. The lowest BCUT2D eigenvalue weighted by molar-refractivity contribution is 0.0169. The average molecular weight is 549 g/mol. The van der Waals surface area contributed by atoms with E-state index in [4.69, 9.17) is 23.9 Å². The molecule has 0 aliphatic heterocycles. The summed E-state index contributed by atoms with van der Waals surface area (Å²) in [4.78, 5) is 4.73. The molecule has 0 bridgehead atoms. The molecule has 2 N–H and O–H groups in total. The molecule has 0 aromatic heterocycles. The van der Waals surface area contributed by atoms with E-state index in [1.807, 2.05) is 12.1 Å². The Bertz CT molecular complexity index is 641. The molecular weight excluding hydrogens is 509 g/mol. The van der Waals surface area contributed by atoms with Crippen LogP contribution in [-0.4, -0.2) is 53.1 Å². The molecule has 178 valence electrons. The summed E-state index contributed by atoms with van der Waals surface area (Å²) >= 11 is 0. The first-order valence-corrected chi connectivity index (χ1v) is 11.1. The predicted molar refractivity (Wildman–Crippen MR) is 136 cm³/mol. The number of rotatable bonds is 12. The van der Waals surface area contributed by atoms with Gasteiger partial charge in [-0.05, 0) is 56.7 Å². The summed E-state index contributed by atoms with van der Waals surface area (Å²) in [5, 5.41) is 6.77. The van der Waals surface area contributed by atoms with Gasteiger partial charge in [0.2, 0.25) is 5.75 Å². The number of guanidine groups is 1. The minimum absolute atomic E-state index is 0. The van der Waals surface area contributed by atoms with Crippen LogP contribution in [0.5, 0.6) is 17.2 Å². The van der Waals surface area contributed by atoms with Gasteiger partial charge in [-0.15, -0.1) is 24.0 Å². The number of aliphatic imine (C=N–C) groups is 1. The van der Waals surface area contributed by atoms with E-state index in [-0.39, 0.29) is 24.0 Å². The second-order valence-electron chi connectivity index (χ2n) is 7.48. The summed E-state index contributed by atoms with van der Waals surface area (Å²) in [5.41, 5.74) is 0.986. The maximum Gasteiger partial charge on any atom is 0.203 e. The van der Waals surface area contributed by atoms with Gasteiger partial charge in [0.25, 0.3) is 0 Å². The topological polar surface area (TPSA) is 73.3 Å². The van der Waals surface area contributed by atoms with Crippen LogP contribution in [0, 0.1) is 5.92 Å². The number of methoxy groups -OCH3 is 3. The van der Waals surface area contributed by atoms with Gasteiger partial charge in [0.1, 0.15) is 0 Å². The second-order valence-corrected chi connectivity index (χ2v) is 7.48. The van der Waals surface area contributed by atoms with Crippen LogP contribution in [0.25, 0.3) is 0 Å². The van der Waals surface area contributed by atoms with Crippen molar-refractivity contribution in [2.75, 3.05) is 41.0 Å². The third-order valence-electron chi connectivity index (χ3n) is 5.52. The summed E-state index contributed by atoms with van der Waals surface area (Å²) in [5.74, 6) is 3.36. The largest absolute Gasteiger partial charge is 0.493 e. The minimum atomic E-state index is 0. The second kappa shape index (κ2) is 15.4. The highest BCUT2D eigenvalue weighted by atomic mass is 127. The molecule has 0 heterocycles. The smallest absolute Gasteiger partial charge is 0.203 e. The fourth-order valence-corrected chi connectivity index (χ4v) is 4.07. The number of hydrogen-bond donors (Lipinski definition) is 2. The van der Waals surface area contributed by atoms with Crippen LogP contribution in [0.15, 0.2) is 17.1 Å². The van der Waals surface area contributed by atoms with Crippen LogP contribution >= 0.6 is 24.0 Å². The first-order valence-electron chi connectivity index (χ1n) is 11.1. The summed E-state index contributed by atoms with van der Waals surface area (Å²) in [6.07, 6.45) is 6.58. The molecule has 0 amide bonds. The molecular formula is C23H40IN3O4. The zero-order chi connectivity index (χ0) is 21.8. The Morgan fingerprint density at radius 2 is 1.68 bits per heavy atom. The Kier molecular flexibility index (Phi) is 13.7. The van der Waals surface area contributed by atoms with Gasteiger partial charge in [-0.2, -0.15) is 0 Å². The van der Waals surface area contributed by atoms with Crippen molar-refractivity contribution in [2.45, 2.75) is 58.6 Å². The molecule has 2 rings (SSSR count). The number of nitrogens with one attached hydrogen (secondary N) is 2. The van der Waals surface area contributed by atoms with Crippen LogP contribution in [0.4, 0.5) is 0 Å². The quantitative estimate of drug-likeness (QED) is 0.229. The number of halogens is 1. The molecule has 1 atom stereocenters. The van der Waals surface area contributed by atoms with E-state index in [0.29, 0.717) is 35.8 Å². The van der Waals surface area contributed by atoms with E-state index in [9.17, 15) is 0 Å². The van der Waals surface area contributed by atoms with Gasteiger partial charge >= 0.3 is 0 Å². The first kappa shape index (κ1) is 27.6. The average Bonchev–Trinajstić information content (AvgIpc) is 3.30. The molecule has 0 saturated heterocycles. The monoisotopic (exact) mass is 549 g/mol. The highest BCUT2D eigenvalue weighted by molar-refractivity contribution is 14.0. The summed E-state index contributed by atoms with van der Waals surface area (Å²) in [6, 6.07) is 3.86. The van der Waals surface area contributed by atoms with Crippen molar-refractivity contribution < 1.29 is 18.9 Å². The maximum atomic E-state index is 6.03. The SMILES string of the molecule is CCNC(=NCc1cc(OC)c(OC)c(OC)c1)NCCC(OCC)C1CCCC1.I. The Morgan fingerprint density at radius 3 is 2.19 bits per heavy atom. The standard InChI is InChI=1S/C23H39N3O4.HI/c1-6-24-23(25-13-12-19(30-7-2)18-10-8-9-11-18)26-16-17-14-20(27-3)22(29-5)21(15-17)28-4;/h14-15,18-19H,6-13,16H2,1-5H3,(H2,24,25,26);1H. The lowest BCUT2D eigenvalue weighted by atomic mass is 9.98. The number of ether oxygens (including phenoxy) is 4. The highest BCUT2D eigenvalue weighted by Gasteiger charge is 2.25. The van der Waals surface area contributed by atoms with E-state index in [1.54, 1.807) is 21.3 Å². The lowest BCUT2D eigenvalue weighted by Gasteiger charge is -2.24. The van der Waals surface area contributed by atoms with Crippen molar-refractivity contribution in [3.8, 4) is 17.2 Å². The Morgan fingerprint density at radius 1 is 1.03 bits per heavy atom. The van der Waals surface area contributed by atoms with Crippen molar-refractivity contribution in [1.82, 2.24) is 10.6 Å². The van der Waals surface area contributed by atoms with E-state index in [0.717, 1.165) is 37.6 Å². The van der Waals surface area contributed by atoms with Crippen LogP contribution in [-0.2, 0) is 11.3 Å². The Balaban J connectivity index is 0.00000480. The van der Waals surface area contributed by atoms with Crippen molar-refractivity contribution in [3.63, 3.8) is 0 Å². The molecule has 31 heavy (non-hydrogen) atoms. The molecule has 1 aliphatic carbocycles. The molecule has 1 aromatic carbocycles. The Hall–Kier alpha value is -1.42. The zero-order valence-electron chi connectivity index (χ0n) is 19.7. The van der Waals surface area contributed by atoms with Gasteiger partial charge in [0.15, 0.2) is 17.5 Å². The van der Waals surface area contributed by atoms with Gasteiger partial charge < -0.3 is 29.6 Å².